The van der Waals surface area contributed by atoms with Gasteiger partial charge in [-0.15, -0.1) is 0 Å². The number of carbonyl (C=O) groups is 3. The van der Waals surface area contributed by atoms with Crippen molar-refractivity contribution < 1.29 is 23.9 Å². The lowest BCUT2D eigenvalue weighted by Gasteiger charge is -2.18. The monoisotopic (exact) mass is 400 g/mol. The lowest BCUT2D eigenvalue weighted by atomic mass is 10.0. The van der Waals surface area contributed by atoms with Crippen molar-refractivity contribution in [3.05, 3.63) is 41.1 Å². The molecule has 7 nitrogen and oxygen atoms in total. The van der Waals surface area contributed by atoms with Crippen LogP contribution in [0.25, 0.3) is 10.9 Å². The maximum Gasteiger partial charge on any atom is 0.339 e. The number of carbonyl (C=O) groups excluding carboxylic acids is 3. The quantitative estimate of drug-likeness (QED) is 0.685. The van der Waals surface area contributed by atoms with E-state index in [2.05, 4.69) is 10.3 Å². The van der Waals surface area contributed by atoms with E-state index in [1.54, 1.807) is 6.07 Å². The zero-order valence-electron chi connectivity index (χ0n) is 17.6. The minimum absolute atomic E-state index is 0.181. The number of methoxy groups -OCH3 is 1. The lowest BCUT2D eigenvalue weighted by Crippen LogP contribution is -2.44. The number of benzene rings is 1. The van der Waals surface area contributed by atoms with Crippen LogP contribution in [0, 0.1) is 12.8 Å². The van der Waals surface area contributed by atoms with Crippen LogP contribution in [0.4, 0.5) is 0 Å². The molecule has 0 radical (unpaired) electrons. The number of fused-ring (bicyclic) bond motifs is 1. The Labute approximate surface area is 170 Å². The summed E-state index contributed by atoms with van der Waals surface area (Å²) in [4.78, 5) is 41.5. The molecule has 2 aromatic rings. The number of nitrogens with zero attached hydrogens (tertiary/aromatic N) is 1. The fraction of sp³-hybridized carbons (Fsp3) is 0.455. The Morgan fingerprint density at radius 3 is 2.48 bits per heavy atom. The van der Waals surface area contributed by atoms with E-state index < -0.39 is 30.5 Å². The lowest BCUT2D eigenvalue weighted by molar-refractivity contribution is -0.145. The van der Waals surface area contributed by atoms with Crippen LogP contribution < -0.4 is 5.32 Å². The summed E-state index contributed by atoms with van der Waals surface area (Å²) < 4.78 is 10.00. The number of hydrogen-bond donors (Lipinski definition) is 1. The summed E-state index contributed by atoms with van der Waals surface area (Å²) >= 11 is 0. The molecule has 0 fully saturated rings. The van der Waals surface area contributed by atoms with Crippen molar-refractivity contribution >= 4 is 28.7 Å². The highest BCUT2D eigenvalue weighted by atomic mass is 16.5. The van der Waals surface area contributed by atoms with E-state index in [0.29, 0.717) is 29.3 Å². The third-order valence-electron chi connectivity index (χ3n) is 4.64. The van der Waals surface area contributed by atoms with E-state index in [-0.39, 0.29) is 5.92 Å². The van der Waals surface area contributed by atoms with Gasteiger partial charge in [-0.05, 0) is 37.3 Å². The second-order valence-corrected chi connectivity index (χ2v) is 7.28. The number of hydrogen-bond acceptors (Lipinski definition) is 6. The molecule has 0 aliphatic rings. The van der Waals surface area contributed by atoms with Crippen molar-refractivity contribution in [1.82, 2.24) is 10.3 Å². The van der Waals surface area contributed by atoms with Gasteiger partial charge in [-0.2, -0.15) is 0 Å². The number of rotatable bonds is 8. The minimum atomic E-state index is -0.776. The van der Waals surface area contributed by atoms with Crippen molar-refractivity contribution in [3.8, 4) is 0 Å². The largest absolute Gasteiger partial charge is 0.467 e. The molecule has 1 N–H and O–H groups in total. The first-order valence-electron chi connectivity index (χ1n) is 9.70. The molecular formula is C22H28N2O5. The van der Waals surface area contributed by atoms with Gasteiger partial charge in [0.25, 0.3) is 5.91 Å². The van der Waals surface area contributed by atoms with E-state index >= 15 is 0 Å². The van der Waals surface area contributed by atoms with Gasteiger partial charge in [0.1, 0.15) is 6.04 Å². The number of aromatic nitrogens is 1. The van der Waals surface area contributed by atoms with Crippen LogP contribution in [0.5, 0.6) is 0 Å². The van der Waals surface area contributed by atoms with Gasteiger partial charge in [0.2, 0.25) is 0 Å². The Morgan fingerprint density at radius 2 is 1.86 bits per heavy atom. The molecule has 1 aromatic heterocycles. The van der Waals surface area contributed by atoms with Crippen molar-refractivity contribution in [1.29, 1.82) is 0 Å². The highest BCUT2D eigenvalue weighted by molar-refractivity contribution is 6.05. The third-order valence-corrected chi connectivity index (χ3v) is 4.64. The Morgan fingerprint density at radius 1 is 1.17 bits per heavy atom. The topological polar surface area (TPSA) is 94.6 Å². The van der Waals surface area contributed by atoms with Gasteiger partial charge in [0.05, 0.1) is 18.2 Å². The number of ether oxygens (including phenoxy) is 2. The number of aryl methyl sites for hydroxylation is 1. The molecule has 7 heteroatoms. The minimum Gasteiger partial charge on any atom is -0.467 e. The highest BCUT2D eigenvalue weighted by Gasteiger charge is 2.24. The fourth-order valence-electron chi connectivity index (χ4n) is 3.23. The second kappa shape index (κ2) is 10.0. The van der Waals surface area contributed by atoms with Gasteiger partial charge in [-0.3, -0.25) is 9.78 Å². The number of pyridine rings is 1. The summed E-state index contributed by atoms with van der Waals surface area (Å²) in [5.74, 6) is -1.49. The van der Waals surface area contributed by atoms with Crippen molar-refractivity contribution in [2.45, 2.75) is 46.6 Å². The van der Waals surface area contributed by atoms with Crippen LogP contribution in [0.3, 0.4) is 0 Å². The molecule has 0 bridgehead atoms. The van der Waals surface area contributed by atoms with Crippen molar-refractivity contribution in [3.63, 3.8) is 0 Å². The zero-order chi connectivity index (χ0) is 21.6. The van der Waals surface area contributed by atoms with E-state index in [1.807, 2.05) is 45.9 Å². The molecule has 0 spiro atoms. The summed E-state index contributed by atoms with van der Waals surface area (Å²) in [7, 11) is 1.27. The van der Waals surface area contributed by atoms with E-state index in [0.717, 1.165) is 11.3 Å². The Kier molecular flexibility index (Phi) is 7.70. The second-order valence-electron chi connectivity index (χ2n) is 7.28. The Balaban J connectivity index is 2.15. The first-order valence-corrected chi connectivity index (χ1v) is 9.70. The highest BCUT2D eigenvalue weighted by Crippen LogP contribution is 2.24. The molecular weight excluding hydrogens is 372 g/mol. The molecule has 2 rings (SSSR count). The first-order chi connectivity index (χ1) is 13.8. The molecule has 1 aromatic carbocycles. The van der Waals surface area contributed by atoms with Gasteiger partial charge in [0, 0.05) is 11.1 Å². The average molecular weight is 400 g/mol. The summed E-state index contributed by atoms with van der Waals surface area (Å²) in [6.45, 7) is 7.18. The summed E-state index contributed by atoms with van der Waals surface area (Å²) in [5.41, 5.74) is 2.66. The smallest absolute Gasteiger partial charge is 0.339 e. The van der Waals surface area contributed by atoms with Crippen LogP contribution in [-0.4, -0.2) is 42.6 Å². The molecule has 0 saturated heterocycles. The van der Waals surface area contributed by atoms with Crippen LogP contribution in [-0.2, 0) is 25.5 Å². The molecule has 29 heavy (non-hydrogen) atoms. The predicted molar refractivity (Wildman–Crippen MR) is 110 cm³/mol. The normalized spacial score (nSPS) is 11.9. The van der Waals surface area contributed by atoms with Crippen molar-refractivity contribution in [2.24, 2.45) is 5.92 Å². The Bertz CT molecular complexity index is 907. The molecule has 1 atom stereocenters. The molecule has 1 amide bonds. The first kappa shape index (κ1) is 22.3. The molecule has 0 unspecified atom stereocenters. The summed E-state index contributed by atoms with van der Waals surface area (Å²) in [6, 6.07) is 6.55. The van der Waals surface area contributed by atoms with Crippen LogP contribution in [0.2, 0.25) is 0 Å². The molecule has 0 saturated carbocycles. The standard InChI is InChI=1S/C22H28N2O5/c1-6-16-14(4)20(15-9-7-8-10-17(15)23-16)22(27)29-12-19(25)24-18(11-13(2)3)21(26)28-5/h7-10,13,18H,6,11-12H2,1-5H3,(H,24,25)/t18-/m1/s1. The van der Waals surface area contributed by atoms with Gasteiger partial charge in [-0.1, -0.05) is 39.0 Å². The number of esters is 2. The van der Waals surface area contributed by atoms with Gasteiger partial charge in [-0.25, -0.2) is 9.59 Å². The number of nitrogens with one attached hydrogen (secondary N) is 1. The molecule has 0 aliphatic carbocycles. The molecule has 156 valence electrons. The molecule has 1 heterocycles. The maximum absolute atomic E-state index is 12.8. The fourth-order valence-corrected chi connectivity index (χ4v) is 3.23. The van der Waals surface area contributed by atoms with Gasteiger partial charge < -0.3 is 14.8 Å². The maximum atomic E-state index is 12.8. The zero-order valence-corrected chi connectivity index (χ0v) is 17.6. The van der Waals surface area contributed by atoms with E-state index in [1.165, 1.54) is 7.11 Å². The van der Waals surface area contributed by atoms with Gasteiger partial charge >= 0.3 is 11.9 Å². The van der Waals surface area contributed by atoms with Crippen LogP contribution >= 0.6 is 0 Å². The Hall–Kier alpha value is -2.96. The van der Waals surface area contributed by atoms with Crippen LogP contribution in [0.15, 0.2) is 24.3 Å². The van der Waals surface area contributed by atoms with E-state index in [4.69, 9.17) is 9.47 Å². The average Bonchev–Trinajstić information content (AvgIpc) is 2.70. The SMILES string of the molecule is CCc1nc2ccccc2c(C(=O)OCC(=O)N[C@H](CC(C)C)C(=O)OC)c1C. The summed E-state index contributed by atoms with van der Waals surface area (Å²) in [6.07, 6.45) is 1.10. The predicted octanol–water partition coefficient (Wildman–Crippen LogP) is 2.97. The summed E-state index contributed by atoms with van der Waals surface area (Å²) in [5, 5.41) is 3.26. The third kappa shape index (κ3) is 5.53. The van der Waals surface area contributed by atoms with Gasteiger partial charge in [0.15, 0.2) is 6.61 Å². The number of amides is 1. The van der Waals surface area contributed by atoms with Crippen LogP contribution in [0.1, 0.15) is 48.8 Å². The molecule has 0 aliphatic heterocycles. The van der Waals surface area contributed by atoms with E-state index in [9.17, 15) is 14.4 Å². The number of para-hydroxylation sites is 1. The van der Waals surface area contributed by atoms with Crippen molar-refractivity contribution in [2.75, 3.05) is 13.7 Å².